The third-order valence-corrected chi connectivity index (χ3v) is 3.87. The summed E-state index contributed by atoms with van der Waals surface area (Å²) in [7, 11) is 0. The Morgan fingerprint density at radius 3 is 2.41 bits per heavy atom. The van der Waals surface area contributed by atoms with Crippen molar-refractivity contribution >= 4 is 5.97 Å². The monoisotopic (exact) mass is 234 g/mol. The van der Waals surface area contributed by atoms with E-state index in [9.17, 15) is 15.0 Å². The first-order valence-corrected chi connectivity index (χ1v) is 6.10. The van der Waals surface area contributed by atoms with Crippen LogP contribution in [0.3, 0.4) is 0 Å². The van der Waals surface area contributed by atoms with Crippen molar-refractivity contribution in [3.8, 4) is 5.75 Å². The van der Waals surface area contributed by atoms with Crippen LogP contribution in [0.5, 0.6) is 5.75 Å². The maximum Gasteiger partial charge on any atom is 0.314 e. The van der Waals surface area contributed by atoms with Crippen LogP contribution in [0.2, 0.25) is 0 Å². The topological polar surface area (TPSA) is 57.5 Å². The van der Waals surface area contributed by atoms with Gasteiger partial charge in [-0.1, -0.05) is 31.4 Å². The van der Waals surface area contributed by atoms with Gasteiger partial charge in [0.15, 0.2) is 0 Å². The molecule has 0 radical (unpaired) electrons. The van der Waals surface area contributed by atoms with E-state index in [0.717, 1.165) is 30.4 Å². The Labute approximate surface area is 101 Å². The summed E-state index contributed by atoms with van der Waals surface area (Å²) in [6, 6.07) is 5.17. The van der Waals surface area contributed by atoms with Crippen molar-refractivity contribution in [2.45, 2.75) is 44.4 Å². The Bertz CT molecular complexity index is 431. The van der Waals surface area contributed by atoms with Gasteiger partial charge in [-0.25, -0.2) is 0 Å². The average Bonchev–Trinajstić information content (AvgIpc) is 2.33. The second kappa shape index (κ2) is 4.40. The molecular weight excluding hydrogens is 216 g/mol. The van der Waals surface area contributed by atoms with Crippen molar-refractivity contribution in [3.63, 3.8) is 0 Å². The molecule has 0 amide bonds. The third kappa shape index (κ3) is 2.02. The molecule has 2 N–H and O–H groups in total. The van der Waals surface area contributed by atoms with Gasteiger partial charge < -0.3 is 10.2 Å². The second-order valence-electron chi connectivity index (χ2n) is 4.95. The smallest absolute Gasteiger partial charge is 0.314 e. The molecule has 3 nitrogen and oxygen atoms in total. The fraction of sp³-hybridized carbons (Fsp3) is 0.500. The summed E-state index contributed by atoms with van der Waals surface area (Å²) in [5.74, 6) is -0.507. The molecule has 1 aromatic carbocycles. The van der Waals surface area contributed by atoms with Gasteiger partial charge in [0.1, 0.15) is 5.75 Å². The molecule has 0 atom stereocenters. The zero-order chi connectivity index (χ0) is 12.5. The molecule has 1 aliphatic rings. The molecule has 17 heavy (non-hydrogen) atoms. The molecule has 92 valence electrons. The maximum atomic E-state index is 11.6. The van der Waals surface area contributed by atoms with Gasteiger partial charge >= 0.3 is 5.97 Å². The number of carboxylic acids is 1. The van der Waals surface area contributed by atoms with Crippen LogP contribution in [0, 0.1) is 6.92 Å². The minimum absolute atomic E-state index is 0.227. The lowest BCUT2D eigenvalue weighted by atomic mass is 9.69. The number of phenols is 1. The number of rotatable bonds is 2. The SMILES string of the molecule is Cc1cc(C2(C(=O)O)CCCCC2)ccc1O. The third-order valence-electron chi connectivity index (χ3n) is 3.87. The van der Waals surface area contributed by atoms with Crippen LogP contribution in [-0.4, -0.2) is 16.2 Å². The molecule has 2 rings (SSSR count). The van der Waals surface area contributed by atoms with E-state index in [1.165, 1.54) is 0 Å². The number of carboxylic acid groups (broad SMARTS) is 1. The Morgan fingerprint density at radius 2 is 1.88 bits per heavy atom. The molecule has 0 heterocycles. The van der Waals surface area contributed by atoms with Gasteiger partial charge in [-0.05, 0) is 37.0 Å². The zero-order valence-electron chi connectivity index (χ0n) is 10.1. The molecule has 1 fully saturated rings. The van der Waals surface area contributed by atoms with E-state index in [0.29, 0.717) is 12.8 Å². The van der Waals surface area contributed by atoms with E-state index < -0.39 is 11.4 Å². The molecule has 3 heteroatoms. The highest BCUT2D eigenvalue weighted by atomic mass is 16.4. The van der Waals surface area contributed by atoms with Gasteiger partial charge in [0.2, 0.25) is 0 Å². The van der Waals surface area contributed by atoms with E-state index in [4.69, 9.17) is 0 Å². The van der Waals surface area contributed by atoms with Gasteiger partial charge in [-0.15, -0.1) is 0 Å². The quantitative estimate of drug-likeness (QED) is 0.827. The first kappa shape index (κ1) is 12.0. The number of hydrogen-bond acceptors (Lipinski definition) is 2. The van der Waals surface area contributed by atoms with E-state index in [1.54, 1.807) is 19.1 Å². The molecule has 0 aliphatic heterocycles. The number of aliphatic carboxylic acids is 1. The van der Waals surface area contributed by atoms with E-state index in [2.05, 4.69) is 0 Å². The van der Waals surface area contributed by atoms with Gasteiger partial charge in [-0.3, -0.25) is 4.79 Å². The molecule has 0 bridgehead atoms. The molecule has 0 aromatic heterocycles. The van der Waals surface area contributed by atoms with E-state index in [-0.39, 0.29) is 5.75 Å². The lowest BCUT2D eigenvalue weighted by molar-refractivity contribution is -0.145. The Hall–Kier alpha value is -1.51. The summed E-state index contributed by atoms with van der Waals surface area (Å²) in [4.78, 5) is 11.6. The predicted molar refractivity (Wildman–Crippen MR) is 65.2 cm³/mol. The molecule has 1 aliphatic carbocycles. The van der Waals surface area contributed by atoms with Gasteiger partial charge in [-0.2, -0.15) is 0 Å². The van der Waals surface area contributed by atoms with Crippen molar-refractivity contribution in [1.29, 1.82) is 0 Å². The van der Waals surface area contributed by atoms with Crippen molar-refractivity contribution in [2.24, 2.45) is 0 Å². The Balaban J connectivity index is 2.45. The molecular formula is C14H18O3. The largest absolute Gasteiger partial charge is 0.508 e. The number of aromatic hydroxyl groups is 1. The van der Waals surface area contributed by atoms with Crippen LogP contribution in [0.4, 0.5) is 0 Å². The van der Waals surface area contributed by atoms with Crippen LogP contribution in [0.25, 0.3) is 0 Å². The highest BCUT2D eigenvalue weighted by Crippen LogP contribution is 2.40. The van der Waals surface area contributed by atoms with Crippen LogP contribution in [-0.2, 0) is 10.2 Å². The van der Waals surface area contributed by atoms with Crippen LogP contribution >= 0.6 is 0 Å². The number of hydrogen-bond donors (Lipinski definition) is 2. The van der Waals surface area contributed by atoms with E-state index in [1.807, 2.05) is 6.07 Å². The molecule has 1 saturated carbocycles. The minimum atomic E-state index is -0.739. The van der Waals surface area contributed by atoms with Gasteiger partial charge in [0.05, 0.1) is 5.41 Å². The fourth-order valence-corrected chi connectivity index (χ4v) is 2.73. The zero-order valence-corrected chi connectivity index (χ0v) is 10.1. The van der Waals surface area contributed by atoms with Gasteiger partial charge in [0, 0.05) is 0 Å². The molecule has 0 saturated heterocycles. The highest BCUT2D eigenvalue weighted by Gasteiger charge is 2.41. The summed E-state index contributed by atoms with van der Waals surface area (Å²) in [5.41, 5.74) is 0.838. The summed E-state index contributed by atoms with van der Waals surface area (Å²) in [6.45, 7) is 1.80. The Kier molecular flexibility index (Phi) is 3.09. The number of carbonyl (C=O) groups is 1. The van der Waals surface area contributed by atoms with Crippen molar-refractivity contribution < 1.29 is 15.0 Å². The average molecular weight is 234 g/mol. The van der Waals surface area contributed by atoms with Gasteiger partial charge in [0.25, 0.3) is 0 Å². The Morgan fingerprint density at radius 1 is 1.24 bits per heavy atom. The van der Waals surface area contributed by atoms with Crippen LogP contribution in [0.15, 0.2) is 18.2 Å². The predicted octanol–water partition coefficient (Wildman–Crippen LogP) is 2.99. The first-order chi connectivity index (χ1) is 8.06. The maximum absolute atomic E-state index is 11.6. The summed E-state index contributed by atoms with van der Waals surface area (Å²) in [6.07, 6.45) is 4.45. The van der Waals surface area contributed by atoms with Crippen molar-refractivity contribution in [2.75, 3.05) is 0 Å². The summed E-state index contributed by atoms with van der Waals surface area (Å²) >= 11 is 0. The van der Waals surface area contributed by atoms with Crippen molar-refractivity contribution in [1.82, 2.24) is 0 Å². The number of aryl methyl sites for hydroxylation is 1. The molecule has 1 aromatic rings. The minimum Gasteiger partial charge on any atom is -0.508 e. The lowest BCUT2D eigenvalue weighted by Gasteiger charge is -2.33. The number of phenolic OH excluding ortho intramolecular Hbond substituents is 1. The molecule has 0 spiro atoms. The van der Waals surface area contributed by atoms with Crippen molar-refractivity contribution in [3.05, 3.63) is 29.3 Å². The molecule has 0 unspecified atom stereocenters. The summed E-state index contributed by atoms with van der Waals surface area (Å²) in [5, 5.41) is 19.1. The second-order valence-corrected chi connectivity index (χ2v) is 4.95. The van der Waals surface area contributed by atoms with Crippen LogP contribution in [0.1, 0.15) is 43.2 Å². The van der Waals surface area contributed by atoms with E-state index >= 15 is 0 Å². The first-order valence-electron chi connectivity index (χ1n) is 6.10. The standard InChI is InChI=1S/C14H18O3/c1-10-9-11(5-6-12(10)15)14(13(16)17)7-3-2-4-8-14/h5-6,9,15H,2-4,7-8H2,1H3,(H,16,17). The number of benzene rings is 1. The summed E-state index contributed by atoms with van der Waals surface area (Å²) < 4.78 is 0. The lowest BCUT2D eigenvalue weighted by Crippen LogP contribution is -2.37. The normalized spacial score (nSPS) is 18.9. The highest BCUT2D eigenvalue weighted by molar-refractivity contribution is 5.81. The van der Waals surface area contributed by atoms with Crippen LogP contribution < -0.4 is 0 Å². The fourth-order valence-electron chi connectivity index (χ4n) is 2.73.